The predicted octanol–water partition coefficient (Wildman–Crippen LogP) is 7.57. The fraction of sp³-hybridized carbons (Fsp3) is 0.0870. The average Bonchev–Trinajstić information content (AvgIpc) is 2.68. The van der Waals surface area contributed by atoms with Crippen LogP contribution in [-0.2, 0) is 5.75 Å². The molecule has 0 aliphatic carbocycles. The number of Topliss-reactive ketones (excluding diaryl/α,β-unsaturated/α-hetero) is 1. The van der Waals surface area contributed by atoms with E-state index in [4.69, 9.17) is 11.6 Å². The van der Waals surface area contributed by atoms with Crippen LogP contribution in [0.1, 0.15) is 27.0 Å². The fourth-order valence-corrected chi connectivity index (χ4v) is 3.99. The average molecular weight is 458 g/mol. The van der Waals surface area contributed by atoms with E-state index in [2.05, 4.69) is 47.1 Å². The van der Waals surface area contributed by atoms with Crippen molar-refractivity contribution in [2.45, 2.75) is 12.7 Å². The van der Waals surface area contributed by atoms with Gasteiger partial charge in [0, 0.05) is 20.8 Å². The maximum Gasteiger partial charge on any atom is 0.199 e. The summed E-state index contributed by atoms with van der Waals surface area (Å²) in [5.74, 6) is 0.732. The lowest BCUT2D eigenvalue weighted by atomic mass is 10.1. The van der Waals surface area contributed by atoms with E-state index in [0.717, 1.165) is 15.8 Å². The number of rotatable bonds is 6. The van der Waals surface area contributed by atoms with E-state index >= 15 is 0 Å². The summed E-state index contributed by atoms with van der Waals surface area (Å²) in [7, 11) is 0. The van der Waals surface area contributed by atoms with E-state index in [0.29, 0.717) is 15.5 Å². The SMILES string of the molecule is Cc1ccc(CS/C(=C/c2ccccc2Br)C(=O)c2ccc(Cl)cc2)cc1. The lowest BCUT2D eigenvalue weighted by Gasteiger charge is -2.09. The summed E-state index contributed by atoms with van der Waals surface area (Å²) in [6.07, 6.45) is 1.94. The number of carbonyl (C=O) groups is 1. The molecule has 136 valence electrons. The van der Waals surface area contributed by atoms with Gasteiger partial charge in [0.05, 0.1) is 4.91 Å². The molecule has 0 spiro atoms. The van der Waals surface area contributed by atoms with Gasteiger partial charge in [0.1, 0.15) is 0 Å². The minimum atomic E-state index is -0.000434. The second-order valence-corrected chi connectivity index (χ2v) is 8.45. The van der Waals surface area contributed by atoms with Crippen molar-refractivity contribution in [3.8, 4) is 0 Å². The van der Waals surface area contributed by atoms with Crippen molar-refractivity contribution in [1.82, 2.24) is 0 Å². The molecule has 0 fully saturated rings. The largest absolute Gasteiger partial charge is 0.288 e. The van der Waals surface area contributed by atoms with Crippen LogP contribution in [0.15, 0.2) is 82.2 Å². The van der Waals surface area contributed by atoms with Gasteiger partial charge < -0.3 is 0 Å². The smallest absolute Gasteiger partial charge is 0.199 e. The molecule has 4 heteroatoms. The predicted molar refractivity (Wildman–Crippen MR) is 120 cm³/mol. The summed E-state index contributed by atoms with van der Waals surface area (Å²) in [6.45, 7) is 2.07. The van der Waals surface area contributed by atoms with Gasteiger partial charge in [0.25, 0.3) is 0 Å². The molecule has 3 rings (SSSR count). The first-order valence-corrected chi connectivity index (χ1v) is 10.6. The van der Waals surface area contributed by atoms with Crippen molar-refractivity contribution in [2.24, 2.45) is 0 Å². The van der Waals surface area contributed by atoms with Gasteiger partial charge in [-0.05, 0) is 54.5 Å². The van der Waals surface area contributed by atoms with Crippen molar-refractivity contribution < 1.29 is 4.79 Å². The first-order valence-electron chi connectivity index (χ1n) is 8.48. The van der Waals surface area contributed by atoms with Gasteiger partial charge in [-0.3, -0.25) is 4.79 Å². The number of hydrogen-bond donors (Lipinski definition) is 0. The Morgan fingerprint density at radius 2 is 1.67 bits per heavy atom. The van der Waals surface area contributed by atoms with E-state index in [-0.39, 0.29) is 5.78 Å². The van der Waals surface area contributed by atoms with Crippen molar-refractivity contribution in [3.63, 3.8) is 0 Å². The van der Waals surface area contributed by atoms with Crippen molar-refractivity contribution in [3.05, 3.63) is 109 Å². The molecule has 1 nitrogen and oxygen atoms in total. The zero-order chi connectivity index (χ0) is 19.2. The minimum absolute atomic E-state index is 0.000434. The third kappa shape index (κ3) is 5.58. The third-order valence-electron chi connectivity index (χ3n) is 4.04. The highest BCUT2D eigenvalue weighted by Gasteiger charge is 2.14. The number of halogens is 2. The van der Waals surface area contributed by atoms with Crippen LogP contribution in [0, 0.1) is 6.92 Å². The Kier molecular flexibility index (Phi) is 6.95. The number of hydrogen-bond acceptors (Lipinski definition) is 2. The van der Waals surface area contributed by atoms with Gasteiger partial charge in [-0.25, -0.2) is 0 Å². The molecular formula is C23H18BrClOS. The second kappa shape index (κ2) is 9.41. The van der Waals surface area contributed by atoms with Crippen molar-refractivity contribution >= 4 is 51.2 Å². The number of allylic oxidation sites excluding steroid dienone is 1. The first kappa shape index (κ1) is 19.9. The van der Waals surface area contributed by atoms with Crippen LogP contribution in [-0.4, -0.2) is 5.78 Å². The Labute approximate surface area is 177 Å². The lowest BCUT2D eigenvalue weighted by Crippen LogP contribution is -2.01. The molecule has 0 saturated heterocycles. The molecular weight excluding hydrogens is 440 g/mol. The number of carbonyl (C=O) groups excluding carboxylic acids is 1. The normalized spacial score (nSPS) is 11.4. The van der Waals surface area contributed by atoms with Gasteiger partial charge in [-0.1, -0.05) is 75.6 Å². The minimum Gasteiger partial charge on any atom is -0.288 e. The van der Waals surface area contributed by atoms with Crippen LogP contribution in [0.2, 0.25) is 5.02 Å². The van der Waals surface area contributed by atoms with Crippen molar-refractivity contribution in [2.75, 3.05) is 0 Å². The standard InChI is InChI=1S/C23H18BrClOS/c1-16-6-8-17(9-7-16)15-27-22(14-19-4-2-3-5-21(19)24)23(26)18-10-12-20(25)13-11-18/h2-14H,15H2,1H3/b22-14+. The molecule has 0 amide bonds. The fourth-order valence-electron chi connectivity index (χ4n) is 2.50. The van der Waals surface area contributed by atoms with Crippen molar-refractivity contribution in [1.29, 1.82) is 0 Å². The highest BCUT2D eigenvalue weighted by atomic mass is 79.9. The molecule has 27 heavy (non-hydrogen) atoms. The second-order valence-electron chi connectivity index (χ2n) is 6.14. The number of thioether (sulfide) groups is 1. The number of benzene rings is 3. The van der Waals surface area contributed by atoms with E-state index in [1.807, 2.05) is 30.3 Å². The zero-order valence-corrected chi connectivity index (χ0v) is 17.9. The highest BCUT2D eigenvalue weighted by molar-refractivity contribution is 9.10. The molecule has 0 N–H and O–H groups in total. The lowest BCUT2D eigenvalue weighted by molar-refractivity contribution is 0.104. The maximum absolute atomic E-state index is 13.1. The van der Waals surface area contributed by atoms with Crippen LogP contribution in [0.5, 0.6) is 0 Å². The Balaban J connectivity index is 1.90. The van der Waals surface area contributed by atoms with Crippen LogP contribution in [0.3, 0.4) is 0 Å². The quantitative estimate of drug-likeness (QED) is 0.280. The molecule has 0 saturated carbocycles. The Morgan fingerprint density at radius 1 is 1.00 bits per heavy atom. The molecule has 0 aliphatic heterocycles. The number of ketones is 1. The number of aryl methyl sites for hydroxylation is 1. The zero-order valence-electron chi connectivity index (χ0n) is 14.8. The van der Waals surface area contributed by atoms with Crippen LogP contribution >= 0.6 is 39.3 Å². The van der Waals surface area contributed by atoms with Gasteiger partial charge >= 0.3 is 0 Å². The topological polar surface area (TPSA) is 17.1 Å². The summed E-state index contributed by atoms with van der Waals surface area (Å²) in [4.78, 5) is 13.8. The molecule has 0 unspecified atom stereocenters. The van der Waals surface area contributed by atoms with E-state index < -0.39 is 0 Å². The molecule has 0 heterocycles. The van der Waals surface area contributed by atoms with E-state index in [1.165, 1.54) is 11.1 Å². The van der Waals surface area contributed by atoms with Crippen LogP contribution in [0.25, 0.3) is 6.08 Å². The van der Waals surface area contributed by atoms with Crippen LogP contribution in [0.4, 0.5) is 0 Å². The molecule has 0 radical (unpaired) electrons. The molecule has 0 atom stereocenters. The van der Waals surface area contributed by atoms with E-state index in [9.17, 15) is 4.79 Å². The van der Waals surface area contributed by atoms with Crippen LogP contribution < -0.4 is 0 Å². The first-order chi connectivity index (χ1) is 13.0. The summed E-state index contributed by atoms with van der Waals surface area (Å²) in [5, 5.41) is 0.621. The van der Waals surface area contributed by atoms with Gasteiger partial charge in [0.2, 0.25) is 0 Å². The van der Waals surface area contributed by atoms with Gasteiger partial charge in [-0.15, -0.1) is 11.8 Å². The molecule has 0 aliphatic rings. The summed E-state index contributed by atoms with van der Waals surface area (Å²) in [5.41, 5.74) is 4.03. The summed E-state index contributed by atoms with van der Waals surface area (Å²) < 4.78 is 0.961. The third-order valence-corrected chi connectivity index (χ3v) is 6.10. The highest BCUT2D eigenvalue weighted by Crippen LogP contribution is 2.29. The summed E-state index contributed by atoms with van der Waals surface area (Å²) >= 11 is 11.1. The van der Waals surface area contributed by atoms with E-state index in [1.54, 1.807) is 36.0 Å². The molecule has 0 bridgehead atoms. The Hall–Kier alpha value is -1.81. The van der Waals surface area contributed by atoms with Gasteiger partial charge in [-0.2, -0.15) is 0 Å². The monoisotopic (exact) mass is 456 g/mol. The molecule has 3 aromatic carbocycles. The van der Waals surface area contributed by atoms with Gasteiger partial charge in [0.15, 0.2) is 5.78 Å². The maximum atomic E-state index is 13.1. The summed E-state index contributed by atoms with van der Waals surface area (Å²) in [6, 6.07) is 23.3. The molecule has 0 aromatic heterocycles. The Morgan fingerprint density at radius 3 is 2.33 bits per heavy atom. The Bertz CT molecular complexity index is 962. The molecule has 3 aromatic rings.